The molecule has 0 atom stereocenters. The number of nitrogens with zero attached hydrogens (tertiary/aromatic N) is 1. The first-order valence-corrected chi connectivity index (χ1v) is 17.7. The highest BCUT2D eigenvalue weighted by Crippen LogP contribution is 2.56. The van der Waals surface area contributed by atoms with E-state index in [0.29, 0.717) is 0 Å². The highest BCUT2D eigenvalue weighted by molar-refractivity contribution is 6.11. The van der Waals surface area contributed by atoms with Crippen LogP contribution in [-0.2, 0) is 5.41 Å². The number of hydrogen-bond acceptors (Lipinski definition) is 2. The van der Waals surface area contributed by atoms with Gasteiger partial charge in [-0.05, 0) is 75.2 Å². The quantitative estimate of drug-likeness (QED) is 0.184. The van der Waals surface area contributed by atoms with Gasteiger partial charge in [-0.1, -0.05) is 153 Å². The van der Waals surface area contributed by atoms with E-state index in [0.717, 1.165) is 44.4 Å². The lowest BCUT2D eigenvalue weighted by Crippen LogP contribution is -2.16. The minimum Gasteiger partial charge on any atom is -0.455 e. The Morgan fingerprint density at radius 2 is 1.04 bits per heavy atom. The predicted molar refractivity (Wildman–Crippen MR) is 214 cm³/mol. The topological polar surface area (TPSA) is 16.4 Å². The Balaban J connectivity index is 1.20. The summed E-state index contributed by atoms with van der Waals surface area (Å²) in [6.45, 7) is 4.73. The van der Waals surface area contributed by atoms with E-state index >= 15 is 0 Å². The smallest absolute Gasteiger partial charge is 0.143 e. The summed E-state index contributed by atoms with van der Waals surface area (Å²) in [5, 5.41) is 4.75. The summed E-state index contributed by atoms with van der Waals surface area (Å²) in [4.78, 5) is 2.47. The average molecular weight is 654 g/mol. The second kappa shape index (κ2) is 11.3. The van der Waals surface area contributed by atoms with Crippen molar-refractivity contribution in [1.82, 2.24) is 0 Å². The second-order valence-electron chi connectivity index (χ2n) is 14.1. The van der Waals surface area contributed by atoms with E-state index in [-0.39, 0.29) is 5.41 Å². The molecule has 1 aliphatic carbocycles. The third kappa shape index (κ3) is 4.57. The van der Waals surface area contributed by atoms with E-state index in [2.05, 4.69) is 183 Å². The largest absolute Gasteiger partial charge is 0.455 e. The van der Waals surface area contributed by atoms with Gasteiger partial charge in [0.15, 0.2) is 0 Å². The molecule has 2 nitrogen and oxygen atoms in total. The number of para-hydroxylation sites is 2. The molecular weight excluding hydrogens is 619 g/mol. The van der Waals surface area contributed by atoms with E-state index in [1.165, 1.54) is 49.8 Å². The van der Waals surface area contributed by atoms with E-state index in [1.807, 2.05) is 12.1 Å². The maximum absolute atomic E-state index is 6.44. The summed E-state index contributed by atoms with van der Waals surface area (Å²) in [5.41, 5.74) is 15.1. The van der Waals surface area contributed by atoms with Crippen LogP contribution in [0.25, 0.3) is 66.1 Å². The molecule has 0 N–H and O–H groups in total. The van der Waals surface area contributed by atoms with Crippen molar-refractivity contribution in [3.8, 4) is 33.4 Å². The van der Waals surface area contributed by atoms with Gasteiger partial charge in [0.25, 0.3) is 0 Å². The molecule has 9 aromatic rings. The average Bonchev–Trinajstić information content (AvgIpc) is 3.68. The molecule has 0 unspecified atom stereocenters. The Labute approximate surface area is 297 Å². The zero-order valence-electron chi connectivity index (χ0n) is 28.6. The fourth-order valence-electron chi connectivity index (χ4n) is 8.32. The molecule has 1 aromatic heterocycles. The molecule has 10 rings (SSSR count). The summed E-state index contributed by atoms with van der Waals surface area (Å²) < 4.78 is 6.44. The van der Waals surface area contributed by atoms with Crippen LogP contribution >= 0.6 is 0 Å². The van der Waals surface area contributed by atoms with Gasteiger partial charge in [-0.25, -0.2) is 0 Å². The fourth-order valence-corrected chi connectivity index (χ4v) is 8.32. The van der Waals surface area contributed by atoms with Crippen LogP contribution in [0.4, 0.5) is 17.1 Å². The van der Waals surface area contributed by atoms with Crippen molar-refractivity contribution in [3.05, 3.63) is 187 Å². The third-order valence-electron chi connectivity index (χ3n) is 10.9. The van der Waals surface area contributed by atoms with Crippen molar-refractivity contribution in [2.45, 2.75) is 19.3 Å². The molecule has 242 valence electrons. The summed E-state index contributed by atoms with van der Waals surface area (Å²) in [6, 6.07) is 63.6. The Bertz CT molecular complexity index is 2750. The van der Waals surface area contributed by atoms with Crippen LogP contribution < -0.4 is 4.90 Å². The molecule has 0 bridgehead atoms. The molecule has 0 saturated carbocycles. The number of furan rings is 1. The van der Waals surface area contributed by atoms with Crippen LogP contribution in [-0.4, -0.2) is 0 Å². The Hall–Kier alpha value is -6.38. The molecule has 51 heavy (non-hydrogen) atoms. The van der Waals surface area contributed by atoms with Crippen LogP contribution in [0.1, 0.15) is 25.0 Å². The van der Waals surface area contributed by atoms with Crippen molar-refractivity contribution >= 4 is 49.8 Å². The second-order valence-corrected chi connectivity index (χ2v) is 14.1. The maximum Gasteiger partial charge on any atom is 0.143 e. The standard InChI is InChI=1S/C49H35NO/c1-49(2)43-21-10-8-18-42(43)46-44(49)31-35-15-6-7-16-38(35)47(46)50(36-27-23-33(24-28-36)32-13-4-3-5-14-32)37-29-25-34(26-30-37)39-19-12-20-41-40-17-9-11-22-45(40)51-48(39)41/h3-31H,1-2H3. The van der Waals surface area contributed by atoms with Gasteiger partial charge >= 0.3 is 0 Å². The van der Waals surface area contributed by atoms with Gasteiger partial charge in [0.1, 0.15) is 11.2 Å². The molecule has 1 heterocycles. The van der Waals surface area contributed by atoms with Gasteiger partial charge in [0.05, 0.1) is 5.69 Å². The number of hydrogen-bond donors (Lipinski definition) is 0. The summed E-state index contributed by atoms with van der Waals surface area (Å²) in [6.07, 6.45) is 0. The summed E-state index contributed by atoms with van der Waals surface area (Å²) in [5.74, 6) is 0. The lowest BCUT2D eigenvalue weighted by Gasteiger charge is -2.31. The van der Waals surface area contributed by atoms with E-state index < -0.39 is 0 Å². The number of rotatable bonds is 5. The van der Waals surface area contributed by atoms with E-state index in [4.69, 9.17) is 4.42 Å². The maximum atomic E-state index is 6.44. The molecule has 8 aromatic carbocycles. The minimum absolute atomic E-state index is 0.136. The Morgan fingerprint density at radius 3 is 1.82 bits per heavy atom. The van der Waals surface area contributed by atoms with Gasteiger partial charge in [0.2, 0.25) is 0 Å². The zero-order chi connectivity index (χ0) is 34.1. The monoisotopic (exact) mass is 653 g/mol. The van der Waals surface area contributed by atoms with E-state index in [9.17, 15) is 0 Å². The van der Waals surface area contributed by atoms with Crippen molar-refractivity contribution in [2.24, 2.45) is 0 Å². The molecule has 0 aliphatic heterocycles. The van der Waals surface area contributed by atoms with Crippen molar-refractivity contribution in [2.75, 3.05) is 4.90 Å². The lowest BCUT2D eigenvalue weighted by molar-refractivity contribution is 0.661. The van der Waals surface area contributed by atoms with E-state index in [1.54, 1.807) is 0 Å². The predicted octanol–water partition coefficient (Wildman–Crippen LogP) is 13.8. The molecular formula is C49H35NO. The number of fused-ring (bicyclic) bond motifs is 7. The first kappa shape index (κ1) is 29.5. The molecule has 1 aliphatic rings. The highest BCUT2D eigenvalue weighted by Gasteiger charge is 2.39. The first-order chi connectivity index (χ1) is 25.1. The van der Waals surface area contributed by atoms with Gasteiger partial charge < -0.3 is 9.32 Å². The fraction of sp³-hybridized carbons (Fsp3) is 0.0612. The Morgan fingerprint density at radius 1 is 0.451 bits per heavy atom. The molecule has 0 saturated heterocycles. The van der Waals surface area contributed by atoms with Crippen LogP contribution in [0.5, 0.6) is 0 Å². The van der Waals surface area contributed by atoms with Crippen molar-refractivity contribution in [1.29, 1.82) is 0 Å². The molecule has 0 spiro atoms. The summed E-state index contributed by atoms with van der Waals surface area (Å²) >= 11 is 0. The van der Waals surface area contributed by atoms with Gasteiger partial charge in [0, 0.05) is 44.1 Å². The number of benzene rings is 8. The molecule has 0 radical (unpaired) electrons. The lowest BCUT2D eigenvalue weighted by atomic mass is 9.81. The van der Waals surface area contributed by atoms with Gasteiger partial charge in [-0.3, -0.25) is 0 Å². The van der Waals surface area contributed by atoms with Crippen molar-refractivity contribution < 1.29 is 4.42 Å². The van der Waals surface area contributed by atoms with Crippen molar-refractivity contribution in [3.63, 3.8) is 0 Å². The van der Waals surface area contributed by atoms with Gasteiger partial charge in [-0.2, -0.15) is 0 Å². The molecule has 0 fully saturated rings. The van der Waals surface area contributed by atoms with Crippen LogP contribution in [0, 0.1) is 0 Å². The minimum atomic E-state index is -0.136. The molecule has 0 amide bonds. The Kier molecular flexibility index (Phi) is 6.56. The third-order valence-corrected chi connectivity index (χ3v) is 10.9. The number of anilines is 3. The SMILES string of the molecule is CC1(C)c2ccccc2-c2c1cc1ccccc1c2N(c1ccc(-c2ccccc2)cc1)c1ccc(-c2cccc3c2oc2ccccc23)cc1. The normalized spacial score (nSPS) is 13.1. The van der Waals surface area contributed by atoms with Crippen LogP contribution in [0.3, 0.4) is 0 Å². The highest BCUT2D eigenvalue weighted by atomic mass is 16.3. The van der Waals surface area contributed by atoms with Gasteiger partial charge in [-0.15, -0.1) is 0 Å². The van der Waals surface area contributed by atoms with Crippen LogP contribution in [0.2, 0.25) is 0 Å². The molecule has 2 heteroatoms. The zero-order valence-corrected chi connectivity index (χ0v) is 28.6. The summed E-state index contributed by atoms with van der Waals surface area (Å²) in [7, 11) is 0. The first-order valence-electron chi connectivity index (χ1n) is 17.7. The van der Waals surface area contributed by atoms with Crippen LogP contribution in [0.15, 0.2) is 180 Å².